The molecular weight excluding hydrogens is 186 g/mol. The first kappa shape index (κ1) is 12.9. The molecule has 0 aromatic carbocycles. The second-order valence-corrected chi connectivity index (χ2v) is 5.22. The SMILES string of the molecule is CCN1CCN(CC(C)(N)CC)CC1C. The summed E-state index contributed by atoms with van der Waals surface area (Å²) >= 11 is 0. The molecule has 1 rings (SSSR count). The van der Waals surface area contributed by atoms with Crippen LogP contribution in [0.25, 0.3) is 0 Å². The van der Waals surface area contributed by atoms with E-state index >= 15 is 0 Å². The largest absolute Gasteiger partial charge is 0.324 e. The Morgan fingerprint density at radius 2 is 2.00 bits per heavy atom. The second-order valence-electron chi connectivity index (χ2n) is 5.22. The van der Waals surface area contributed by atoms with Gasteiger partial charge in [0.25, 0.3) is 0 Å². The lowest BCUT2D eigenvalue weighted by Gasteiger charge is -2.42. The van der Waals surface area contributed by atoms with E-state index < -0.39 is 0 Å². The van der Waals surface area contributed by atoms with Crippen molar-refractivity contribution in [1.29, 1.82) is 0 Å². The molecule has 0 bridgehead atoms. The summed E-state index contributed by atoms with van der Waals surface area (Å²) in [7, 11) is 0. The van der Waals surface area contributed by atoms with Crippen LogP contribution in [0.2, 0.25) is 0 Å². The molecule has 1 heterocycles. The van der Waals surface area contributed by atoms with Crippen molar-refractivity contribution >= 4 is 0 Å². The number of nitrogens with two attached hydrogens (primary N) is 1. The lowest BCUT2D eigenvalue weighted by Crippen LogP contribution is -2.56. The Hall–Kier alpha value is -0.120. The van der Waals surface area contributed by atoms with Crippen molar-refractivity contribution in [2.24, 2.45) is 5.73 Å². The highest BCUT2D eigenvalue weighted by Crippen LogP contribution is 2.13. The number of hydrogen-bond donors (Lipinski definition) is 1. The van der Waals surface area contributed by atoms with Crippen LogP contribution in [0, 0.1) is 0 Å². The summed E-state index contributed by atoms with van der Waals surface area (Å²) in [5.74, 6) is 0. The van der Waals surface area contributed by atoms with Gasteiger partial charge in [-0.2, -0.15) is 0 Å². The predicted molar refractivity (Wildman–Crippen MR) is 66.0 cm³/mol. The fourth-order valence-electron chi connectivity index (χ4n) is 2.31. The minimum Gasteiger partial charge on any atom is -0.324 e. The fourth-order valence-corrected chi connectivity index (χ4v) is 2.31. The van der Waals surface area contributed by atoms with Gasteiger partial charge < -0.3 is 5.73 Å². The standard InChI is InChI=1S/C12H27N3/c1-5-12(4,13)10-14-7-8-15(6-2)11(3)9-14/h11H,5-10,13H2,1-4H3. The Morgan fingerprint density at radius 1 is 1.33 bits per heavy atom. The van der Waals surface area contributed by atoms with Gasteiger partial charge in [-0.3, -0.25) is 9.80 Å². The molecule has 1 fully saturated rings. The first-order valence-electron chi connectivity index (χ1n) is 6.23. The van der Waals surface area contributed by atoms with Crippen LogP contribution in [0.15, 0.2) is 0 Å². The van der Waals surface area contributed by atoms with Crippen LogP contribution in [-0.2, 0) is 0 Å². The molecular formula is C12H27N3. The highest BCUT2D eigenvalue weighted by molar-refractivity contribution is 4.86. The Kier molecular flexibility index (Phi) is 4.56. The molecule has 0 aromatic rings. The number of piperazine rings is 1. The summed E-state index contributed by atoms with van der Waals surface area (Å²) in [6.45, 7) is 14.6. The van der Waals surface area contributed by atoms with Gasteiger partial charge in [-0.15, -0.1) is 0 Å². The van der Waals surface area contributed by atoms with E-state index in [1.807, 2.05) is 0 Å². The molecule has 0 aromatic heterocycles. The van der Waals surface area contributed by atoms with E-state index in [4.69, 9.17) is 5.73 Å². The first-order chi connectivity index (χ1) is 6.98. The topological polar surface area (TPSA) is 32.5 Å². The van der Waals surface area contributed by atoms with Crippen molar-refractivity contribution in [3.8, 4) is 0 Å². The van der Waals surface area contributed by atoms with Crippen molar-refractivity contribution in [2.75, 3.05) is 32.7 Å². The van der Waals surface area contributed by atoms with Crippen molar-refractivity contribution in [1.82, 2.24) is 9.80 Å². The molecule has 2 atom stereocenters. The molecule has 3 heteroatoms. The van der Waals surface area contributed by atoms with E-state index in [9.17, 15) is 0 Å². The third kappa shape index (κ3) is 3.74. The smallest absolute Gasteiger partial charge is 0.0252 e. The number of rotatable bonds is 4. The molecule has 1 saturated heterocycles. The number of hydrogen-bond acceptors (Lipinski definition) is 3. The van der Waals surface area contributed by atoms with Crippen LogP contribution in [0.1, 0.15) is 34.1 Å². The van der Waals surface area contributed by atoms with Gasteiger partial charge in [0.1, 0.15) is 0 Å². The minimum atomic E-state index is -0.0197. The average Bonchev–Trinajstić information content (AvgIpc) is 2.17. The van der Waals surface area contributed by atoms with E-state index in [0.29, 0.717) is 6.04 Å². The lowest BCUT2D eigenvalue weighted by atomic mass is 9.99. The van der Waals surface area contributed by atoms with Gasteiger partial charge in [-0.1, -0.05) is 13.8 Å². The number of nitrogens with zero attached hydrogens (tertiary/aromatic N) is 2. The maximum Gasteiger partial charge on any atom is 0.0252 e. The molecule has 1 aliphatic heterocycles. The third-order valence-corrected chi connectivity index (χ3v) is 3.65. The van der Waals surface area contributed by atoms with E-state index in [2.05, 4.69) is 37.5 Å². The highest BCUT2D eigenvalue weighted by Gasteiger charge is 2.26. The number of likely N-dealkylation sites (N-methyl/N-ethyl adjacent to an activating group) is 1. The minimum absolute atomic E-state index is 0.0197. The molecule has 15 heavy (non-hydrogen) atoms. The van der Waals surface area contributed by atoms with Crippen LogP contribution in [0.3, 0.4) is 0 Å². The van der Waals surface area contributed by atoms with Gasteiger partial charge in [0, 0.05) is 37.8 Å². The molecule has 0 saturated carbocycles. The van der Waals surface area contributed by atoms with Gasteiger partial charge >= 0.3 is 0 Å². The summed E-state index contributed by atoms with van der Waals surface area (Å²) < 4.78 is 0. The molecule has 1 aliphatic rings. The van der Waals surface area contributed by atoms with Crippen LogP contribution in [0.5, 0.6) is 0 Å². The summed E-state index contributed by atoms with van der Waals surface area (Å²) in [6, 6.07) is 0.677. The fraction of sp³-hybridized carbons (Fsp3) is 1.00. The maximum absolute atomic E-state index is 6.20. The molecule has 0 aliphatic carbocycles. The first-order valence-corrected chi connectivity index (χ1v) is 6.23. The van der Waals surface area contributed by atoms with Crippen molar-refractivity contribution in [2.45, 2.75) is 45.7 Å². The lowest BCUT2D eigenvalue weighted by molar-refractivity contribution is 0.0736. The Morgan fingerprint density at radius 3 is 2.47 bits per heavy atom. The van der Waals surface area contributed by atoms with Crippen LogP contribution in [-0.4, -0.2) is 54.1 Å². The van der Waals surface area contributed by atoms with Crippen molar-refractivity contribution in [3.05, 3.63) is 0 Å². The summed E-state index contributed by atoms with van der Waals surface area (Å²) in [4.78, 5) is 5.05. The summed E-state index contributed by atoms with van der Waals surface area (Å²) in [6.07, 6.45) is 1.05. The Balaban J connectivity index is 2.41. The van der Waals surface area contributed by atoms with Gasteiger partial charge in [-0.25, -0.2) is 0 Å². The predicted octanol–water partition coefficient (Wildman–Crippen LogP) is 1.14. The van der Waals surface area contributed by atoms with E-state index in [-0.39, 0.29) is 5.54 Å². The van der Waals surface area contributed by atoms with Gasteiger partial charge in [0.2, 0.25) is 0 Å². The maximum atomic E-state index is 6.20. The second kappa shape index (κ2) is 5.28. The molecule has 2 unspecified atom stereocenters. The molecule has 2 N–H and O–H groups in total. The van der Waals surface area contributed by atoms with Crippen molar-refractivity contribution in [3.63, 3.8) is 0 Å². The van der Waals surface area contributed by atoms with E-state index in [0.717, 1.165) is 13.0 Å². The zero-order chi connectivity index (χ0) is 11.5. The van der Waals surface area contributed by atoms with Gasteiger partial charge in [0.15, 0.2) is 0 Å². The quantitative estimate of drug-likeness (QED) is 0.760. The average molecular weight is 213 g/mol. The highest BCUT2D eigenvalue weighted by atomic mass is 15.3. The van der Waals surface area contributed by atoms with Crippen LogP contribution < -0.4 is 5.73 Å². The van der Waals surface area contributed by atoms with Crippen molar-refractivity contribution < 1.29 is 0 Å². The van der Waals surface area contributed by atoms with Crippen LogP contribution >= 0.6 is 0 Å². The zero-order valence-corrected chi connectivity index (χ0v) is 10.8. The molecule has 0 radical (unpaired) electrons. The molecule has 0 amide bonds. The van der Waals surface area contributed by atoms with Gasteiger partial charge in [0.05, 0.1) is 0 Å². The monoisotopic (exact) mass is 213 g/mol. The van der Waals surface area contributed by atoms with Gasteiger partial charge in [-0.05, 0) is 26.8 Å². The molecule has 90 valence electrons. The summed E-state index contributed by atoms with van der Waals surface area (Å²) in [5.41, 5.74) is 6.18. The summed E-state index contributed by atoms with van der Waals surface area (Å²) in [5, 5.41) is 0. The molecule has 3 nitrogen and oxygen atoms in total. The zero-order valence-electron chi connectivity index (χ0n) is 10.8. The Bertz CT molecular complexity index is 191. The van der Waals surface area contributed by atoms with Crippen LogP contribution in [0.4, 0.5) is 0 Å². The van der Waals surface area contributed by atoms with E-state index in [1.165, 1.54) is 26.2 Å². The Labute approximate surface area is 94.6 Å². The normalized spacial score (nSPS) is 29.0. The van der Waals surface area contributed by atoms with E-state index in [1.54, 1.807) is 0 Å². The molecule has 0 spiro atoms. The third-order valence-electron chi connectivity index (χ3n) is 3.65.